The summed E-state index contributed by atoms with van der Waals surface area (Å²) in [4.78, 5) is 12.2. The fourth-order valence-electron chi connectivity index (χ4n) is 2.28. The second-order valence-electron chi connectivity index (χ2n) is 4.74. The highest BCUT2D eigenvalue weighted by Gasteiger charge is 2.28. The lowest BCUT2D eigenvalue weighted by Gasteiger charge is -2.11. The lowest BCUT2D eigenvalue weighted by Crippen LogP contribution is -2.31. The third-order valence-electron chi connectivity index (χ3n) is 3.29. The van der Waals surface area contributed by atoms with Crippen LogP contribution in [-0.4, -0.2) is 12.0 Å². The van der Waals surface area contributed by atoms with Gasteiger partial charge in [0.25, 0.3) is 5.91 Å². The molecule has 4 heteroatoms. The lowest BCUT2D eigenvalue weighted by molar-refractivity contribution is -0.122. The third kappa shape index (κ3) is 2.63. The van der Waals surface area contributed by atoms with E-state index in [-0.39, 0.29) is 5.91 Å². The Hall–Kier alpha value is -2.00. The van der Waals surface area contributed by atoms with Gasteiger partial charge in [-0.25, -0.2) is 0 Å². The SMILES string of the molecule is O=C(Nc1cccc(CCl)c1)C1Cc2ccccc2O1. The van der Waals surface area contributed by atoms with Gasteiger partial charge in [-0.2, -0.15) is 0 Å². The Morgan fingerprint density at radius 3 is 2.90 bits per heavy atom. The van der Waals surface area contributed by atoms with E-state index in [1.807, 2.05) is 48.5 Å². The van der Waals surface area contributed by atoms with Gasteiger partial charge in [0.15, 0.2) is 6.10 Å². The molecule has 0 aliphatic carbocycles. The molecule has 3 rings (SSSR count). The molecule has 2 aromatic rings. The van der Waals surface area contributed by atoms with Gasteiger partial charge >= 0.3 is 0 Å². The maximum Gasteiger partial charge on any atom is 0.265 e. The molecule has 1 N–H and O–H groups in total. The molecule has 0 spiro atoms. The van der Waals surface area contributed by atoms with Crippen molar-refractivity contribution in [3.05, 3.63) is 59.7 Å². The predicted octanol–water partition coefficient (Wildman–Crippen LogP) is 3.37. The molecule has 1 atom stereocenters. The average molecular weight is 288 g/mol. The number of ether oxygens (including phenoxy) is 1. The molecule has 1 aliphatic heterocycles. The summed E-state index contributed by atoms with van der Waals surface area (Å²) in [6, 6.07) is 15.2. The molecular weight excluding hydrogens is 274 g/mol. The van der Waals surface area contributed by atoms with Crippen LogP contribution >= 0.6 is 11.6 Å². The van der Waals surface area contributed by atoms with Crippen molar-refractivity contribution in [2.45, 2.75) is 18.4 Å². The normalized spacial score (nSPS) is 16.4. The van der Waals surface area contributed by atoms with Gasteiger partial charge in [-0.3, -0.25) is 4.79 Å². The number of alkyl halides is 1. The fourth-order valence-corrected chi connectivity index (χ4v) is 2.45. The van der Waals surface area contributed by atoms with Crippen molar-refractivity contribution in [3.8, 4) is 5.75 Å². The number of halogens is 1. The highest BCUT2D eigenvalue weighted by molar-refractivity contribution is 6.17. The van der Waals surface area contributed by atoms with Gasteiger partial charge in [-0.15, -0.1) is 11.6 Å². The first kappa shape index (κ1) is 13.0. The number of rotatable bonds is 3. The number of benzene rings is 2. The molecule has 102 valence electrons. The van der Waals surface area contributed by atoms with Gasteiger partial charge in [0.1, 0.15) is 5.75 Å². The minimum atomic E-state index is -0.466. The van der Waals surface area contributed by atoms with Gasteiger partial charge < -0.3 is 10.1 Å². The van der Waals surface area contributed by atoms with Crippen molar-refractivity contribution in [1.82, 2.24) is 0 Å². The van der Waals surface area contributed by atoms with Crippen LogP contribution in [0, 0.1) is 0 Å². The number of fused-ring (bicyclic) bond motifs is 1. The number of nitrogens with one attached hydrogen (secondary N) is 1. The molecule has 1 amide bonds. The number of carbonyl (C=O) groups is 1. The zero-order chi connectivity index (χ0) is 13.9. The van der Waals surface area contributed by atoms with E-state index in [4.69, 9.17) is 16.3 Å². The Kier molecular flexibility index (Phi) is 3.61. The van der Waals surface area contributed by atoms with Crippen LogP contribution in [0.3, 0.4) is 0 Å². The van der Waals surface area contributed by atoms with Gasteiger partial charge in [0.05, 0.1) is 0 Å². The average Bonchev–Trinajstić information content (AvgIpc) is 2.91. The van der Waals surface area contributed by atoms with Gasteiger partial charge in [-0.05, 0) is 29.3 Å². The summed E-state index contributed by atoms with van der Waals surface area (Å²) in [5.41, 5.74) is 2.79. The molecule has 0 bridgehead atoms. The molecule has 0 fully saturated rings. The van der Waals surface area contributed by atoms with E-state index >= 15 is 0 Å². The monoisotopic (exact) mass is 287 g/mol. The van der Waals surface area contributed by atoms with Crippen molar-refractivity contribution in [2.24, 2.45) is 0 Å². The van der Waals surface area contributed by atoms with Crippen LogP contribution in [0.15, 0.2) is 48.5 Å². The van der Waals surface area contributed by atoms with Crippen LogP contribution in [-0.2, 0) is 17.1 Å². The van der Waals surface area contributed by atoms with E-state index in [0.29, 0.717) is 12.3 Å². The summed E-state index contributed by atoms with van der Waals surface area (Å²) in [5, 5.41) is 2.87. The topological polar surface area (TPSA) is 38.3 Å². The maximum absolute atomic E-state index is 12.2. The first-order valence-corrected chi connectivity index (χ1v) is 7.00. The van der Waals surface area contributed by atoms with Crippen LogP contribution in [0.2, 0.25) is 0 Å². The Morgan fingerprint density at radius 1 is 1.25 bits per heavy atom. The largest absolute Gasteiger partial charge is 0.480 e. The summed E-state index contributed by atoms with van der Waals surface area (Å²) >= 11 is 5.79. The van der Waals surface area contributed by atoms with Crippen molar-refractivity contribution < 1.29 is 9.53 Å². The summed E-state index contributed by atoms with van der Waals surface area (Å²) in [6.07, 6.45) is 0.143. The highest BCUT2D eigenvalue weighted by Crippen LogP contribution is 2.28. The Morgan fingerprint density at radius 2 is 2.10 bits per heavy atom. The number of hydrogen-bond donors (Lipinski definition) is 1. The first-order chi connectivity index (χ1) is 9.76. The number of amides is 1. The predicted molar refractivity (Wildman–Crippen MR) is 79.2 cm³/mol. The Balaban J connectivity index is 1.69. The molecule has 0 aromatic heterocycles. The van der Waals surface area contributed by atoms with Crippen molar-refractivity contribution in [2.75, 3.05) is 5.32 Å². The molecular formula is C16H14ClNO2. The molecule has 1 unspecified atom stereocenters. The van der Waals surface area contributed by atoms with E-state index in [1.54, 1.807) is 0 Å². The summed E-state index contributed by atoms with van der Waals surface area (Å²) < 4.78 is 5.66. The second-order valence-corrected chi connectivity index (χ2v) is 5.01. The Labute approximate surface area is 122 Å². The number of anilines is 1. The van der Waals surface area contributed by atoms with Gasteiger partial charge in [0, 0.05) is 18.0 Å². The van der Waals surface area contributed by atoms with Crippen LogP contribution < -0.4 is 10.1 Å². The van der Waals surface area contributed by atoms with Gasteiger partial charge in [-0.1, -0.05) is 30.3 Å². The standard InChI is InChI=1S/C16H14ClNO2/c17-10-11-4-3-6-13(8-11)18-16(19)15-9-12-5-1-2-7-14(12)20-15/h1-8,15H,9-10H2,(H,18,19). The van der Waals surface area contributed by atoms with E-state index in [2.05, 4.69) is 5.32 Å². The number of hydrogen-bond acceptors (Lipinski definition) is 2. The fraction of sp³-hybridized carbons (Fsp3) is 0.188. The van der Waals surface area contributed by atoms with Crippen LogP contribution in [0.4, 0.5) is 5.69 Å². The smallest absolute Gasteiger partial charge is 0.265 e. The summed E-state index contributed by atoms with van der Waals surface area (Å²) in [6.45, 7) is 0. The van der Waals surface area contributed by atoms with E-state index in [0.717, 1.165) is 22.6 Å². The summed E-state index contributed by atoms with van der Waals surface area (Å²) in [5.74, 6) is 1.09. The zero-order valence-electron chi connectivity index (χ0n) is 10.8. The number of carbonyl (C=O) groups excluding carboxylic acids is 1. The molecule has 1 heterocycles. The number of para-hydroxylation sites is 1. The molecule has 20 heavy (non-hydrogen) atoms. The molecule has 3 nitrogen and oxygen atoms in total. The van der Waals surface area contributed by atoms with Crippen molar-refractivity contribution >= 4 is 23.2 Å². The quantitative estimate of drug-likeness (QED) is 0.879. The van der Waals surface area contributed by atoms with E-state index in [9.17, 15) is 4.79 Å². The molecule has 0 radical (unpaired) electrons. The first-order valence-electron chi connectivity index (χ1n) is 6.46. The molecule has 0 saturated heterocycles. The third-order valence-corrected chi connectivity index (χ3v) is 3.60. The highest BCUT2D eigenvalue weighted by atomic mass is 35.5. The molecule has 0 saturated carbocycles. The van der Waals surface area contributed by atoms with Crippen molar-refractivity contribution in [3.63, 3.8) is 0 Å². The van der Waals surface area contributed by atoms with Crippen LogP contribution in [0.25, 0.3) is 0 Å². The summed E-state index contributed by atoms with van der Waals surface area (Å²) in [7, 11) is 0. The van der Waals surface area contributed by atoms with Crippen LogP contribution in [0.1, 0.15) is 11.1 Å². The van der Waals surface area contributed by atoms with Gasteiger partial charge in [0.2, 0.25) is 0 Å². The minimum absolute atomic E-state index is 0.132. The van der Waals surface area contributed by atoms with Crippen LogP contribution in [0.5, 0.6) is 5.75 Å². The second kappa shape index (κ2) is 5.55. The van der Waals surface area contributed by atoms with E-state index < -0.39 is 6.10 Å². The molecule has 1 aliphatic rings. The van der Waals surface area contributed by atoms with Crippen molar-refractivity contribution in [1.29, 1.82) is 0 Å². The minimum Gasteiger partial charge on any atom is -0.480 e. The Bertz CT molecular complexity index is 617. The zero-order valence-corrected chi connectivity index (χ0v) is 11.6. The van der Waals surface area contributed by atoms with E-state index in [1.165, 1.54) is 0 Å². The lowest BCUT2D eigenvalue weighted by atomic mass is 10.1. The molecule has 2 aromatic carbocycles. The maximum atomic E-state index is 12.2.